The molecule has 14 heavy (non-hydrogen) atoms. The molecule has 0 saturated carbocycles. The van der Waals surface area contributed by atoms with Gasteiger partial charge in [0.2, 0.25) is 0 Å². The van der Waals surface area contributed by atoms with Gasteiger partial charge in [0.15, 0.2) is 0 Å². The molecule has 0 aromatic heterocycles. The molecule has 0 amide bonds. The molecule has 1 aliphatic carbocycles. The number of rotatable bonds is 3. The van der Waals surface area contributed by atoms with Crippen LogP contribution in [0.3, 0.4) is 0 Å². The molecular weight excluding hydrogens is 180 g/mol. The fourth-order valence-corrected chi connectivity index (χ4v) is 1.39. The molecule has 0 radical (unpaired) electrons. The number of hydrogen-bond acceptors (Lipinski definition) is 3. The Morgan fingerprint density at radius 2 is 2.29 bits per heavy atom. The van der Waals surface area contributed by atoms with Crippen molar-refractivity contribution in [1.82, 2.24) is 0 Å². The van der Waals surface area contributed by atoms with Crippen LogP contribution in [-0.4, -0.2) is 18.9 Å². The molecule has 3 nitrogen and oxygen atoms in total. The Kier molecular flexibility index (Phi) is 6.72. The third kappa shape index (κ3) is 4.80. The second-order valence-corrected chi connectivity index (χ2v) is 3.29. The molecule has 2 unspecified atom stereocenters. The lowest BCUT2D eigenvalue weighted by molar-refractivity contribution is -0.128. The van der Waals surface area contributed by atoms with Gasteiger partial charge in [0.05, 0.1) is 6.61 Å². The highest BCUT2D eigenvalue weighted by atomic mass is 16.5. The summed E-state index contributed by atoms with van der Waals surface area (Å²) in [5.41, 5.74) is 0. The van der Waals surface area contributed by atoms with E-state index in [1.165, 1.54) is 0 Å². The third-order valence-corrected chi connectivity index (χ3v) is 2.22. The highest BCUT2D eigenvalue weighted by molar-refractivity contribution is 5.79. The fraction of sp³-hybridized carbons (Fsp3) is 0.636. The first-order valence-electron chi connectivity index (χ1n) is 4.85. The minimum Gasteiger partial charge on any atom is -0.468 e. The molecule has 0 aromatic carbocycles. The Hall–Kier alpha value is -1.12. The van der Waals surface area contributed by atoms with Crippen molar-refractivity contribution in [2.45, 2.75) is 27.2 Å². The summed E-state index contributed by atoms with van der Waals surface area (Å²) in [4.78, 5) is 20.0. The first-order valence-corrected chi connectivity index (χ1v) is 4.85. The first kappa shape index (κ1) is 12.9. The largest absolute Gasteiger partial charge is 0.468 e. The normalized spacial score (nSPS) is 23.6. The molecule has 1 rings (SSSR count). The van der Waals surface area contributed by atoms with Crippen LogP contribution in [0.1, 0.15) is 27.2 Å². The summed E-state index contributed by atoms with van der Waals surface area (Å²) in [7, 11) is 0. The van der Waals surface area contributed by atoms with Crippen molar-refractivity contribution in [3.8, 4) is 0 Å². The zero-order valence-corrected chi connectivity index (χ0v) is 9.03. The maximum Gasteiger partial charge on any atom is 0.293 e. The minimum atomic E-state index is 0.282. The van der Waals surface area contributed by atoms with Crippen LogP contribution in [0.2, 0.25) is 0 Å². The van der Waals surface area contributed by atoms with Crippen molar-refractivity contribution < 1.29 is 14.3 Å². The van der Waals surface area contributed by atoms with Gasteiger partial charge < -0.3 is 4.74 Å². The lowest BCUT2D eigenvalue weighted by Crippen LogP contribution is -2.13. The molecule has 0 fully saturated rings. The van der Waals surface area contributed by atoms with Crippen LogP contribution in [0.15, 0.2) is 12.2 Å². The zero-order valence-electron chi connectivity index (χ0n) is 9.03. The second kappa shape index (κ2) is 7.30. The van der Waals surface area contributed by atoms with Crippen molar-refractivity contribution in [2.75, 3.05) is 6.61 Å². The van der Waals surface area contributed by atoms with E-state index >= 15 is 0 Å². The summed E-state index contributed by atoms with van der Waals surface area (Å²) in [6.07, 6.45) is 5.17. The molecule has 1 aliphatic rings. The van der Waals surface area contributed by atoms with Crippen LogP contribution < -0.4 is 0 Å². The molecule has 0 spiro atoms. The monoisotopic (exact) mass is 198 g/mol. The lowest BCUT2D eigenvalue weighted by Gasteiger charge is -2.09. The van der Waals surface area contributed by atoms with Crippen LogP contribution in [0, 0.1) is 11.8 Å². The molecule has 80 valence electrons. The van der Waals surface area contributed by atoms with Gasteiger partial charge in [-0.3, -0.25) is 9.59 Å². The Morgan fingerprint density at radius 3 is 2.43 bits per heavy atom. The Balaban J connectivity index is 0.000000292. The Morgan fingerprint density at radius 1 is 1.64 bits per heavy atom. The van der Waals surface area contributed by atoms with Gasteiger partial charge in [-0.1, -0.05) is 19.1 Å². The molecule has 3 heteroatoms. The second-order valence-electron chi connectivity index (χ2n) is 3.29. The number of ether oxygens (including phenoxy) is 1. The van der Waals surface area contributed by atoms with E-state index in [-0.39, 0.29) is 5.92 Å². The summed E-state index contributed by atoms with van der Waals surface area (Å²) in [5.74, 6) is 1.08. The highest BCUT2D eigenvalue weighted by Gasteiger charge is 2.21. The average molecular weight is 198 g/mol. The summed E-state index contributed by atoms with van der Waals surface area (Å²) >= 11 is 0. The first-order chi connectivity index (χ1) is 6.63. The van der Waals surface area contributed by atoms with E-state index < -0.39 is 0 Å². The predicted octanol–water partition coefficient (Wildman–Crippen LogP) is 1.97. The van der Waals surface area contributed by atoms with E-state index in [4.69, 9.17) is 0 Å². The Labute approximate surface area is 85.1 Å². The van der Waals surface area contributed by atoms with Crippen LogP contribution in [-0.2, 0) is 14.3 Å². The van der Waals surface area contributed by atoms with E-state index in [1.807, 2.05) is 0 Å². The smallest absolute Gasteiger partial charge is 0.293 e. The van der Waals surface area contributed by atoms with Crippen LogP contribution in [0.4, 0.5) is 0 Å². The van der Waals surface area contributed by atoms with E-state index in [0.29, 0.717) is 24.8 Å². The lowest BCUT2D eigenvalue weighted by atomic mass is 9.94. The Bertz CT molecular complexity index is 209. The zero-order chi connectivity index (χ0) is 11.0. The van der Waals surface area contributed by atoms with Crippen molar-refractivity contribution in [3.05, 3.63) is 12.2 Å². The molecule has 2 atom stereocenters. The van der Waals surface area contributed by atoms with Crippen molar-refractivity contribution >= 4 is 12.3 Å². The van der Waals surface area contributed by atoms with Crippen molar-refractivity contribution in [3.63, 3.8) is 0 Å². The van der Waals surface area contributed by atoms with E-state index in [1.54, 1.807) is 13.8 Å². The van der Waals surface area contributed by atoms with Gasteiger partial charge in [0, 0.05) is 5.92 Å². The van der Waals surface area contributed by atoms with Crippen LogP contribution in [0.5, 0.6) is 0 Å². The van der Waals surface area contributed by atoms with E-state index in [0.717, 1.165) is 6.42 Å². The number of allylic oxidation sites excluding steroid dienone is 2. The number of hydrogen-bond donors (Lipinski definition) is 0. The van der Waals surface area contributed by atoms with Crippen LogP contribution in [0.25, 0.3) is 0 Å². The molecular formula is C11H18O3. The van der Waals surface area contributed by atoms with Crippen LogP contribution >= 0.6 is 0 Å². The van der Waals surface area contributed by atoms with Gasteiger partial charge in [-0.25, -0.2) is 0 Å². The summed E-state index contributed by atoms with van der Waals surface area (Å²) < 4.78 is 4.15. The van der Waals surface area contributed by atoms with E-state index in [2.05, 4.69) is 23.8 Å². The number of Topliss-reactive ketones (excluding diaryl/α,β-unsaturated/α-hetero) is 1. The summed E-state index contributed by atoms with van der Waals surface area (Å²) in [6.45, 7) is 6.43. The molecule has 0 heterocycles. The number of carbonyl (C=O) groups excluding carboxylic acids is 2. The fourth-order valence-electron chi connectivity index (χ4n) is 1.39. The summed E-state index contributed by atoms with van der Waals surface area (Å²) in [5, 5.41) is 0. The molecule has 0 aromatic rings. The molecule has 0 bridgehead atoms. The topological polar surface area (TPSA) is 43.4 Å². The maximum absolute atomic E-state index is 10.8. The van der Waals surface area contributed by atoms with Gasteiger partial charge in [0.25, 0.3) is 6.47 Å². The van der Waals surface area contributed by atoms with E-state index in [9.17, 15) is 9.59 Å². The number of ketones is 1. The SMILES string of the molecule is CC(=O)C1CC=CC1C.CCOC=O. The average Bonchev–Trinajstić information content (AvgIpc) is 2.54. The van der Waals surface area contributed by atoms with Gasteiger partial charge in [0.1, 0.15) is 5.78 Å². The van der Waals surface area contributed by atoms with Gasteiger partial charge in [-0.05, 0) is 26.2 Å². The quantitative estimate of drug-likeness (QED) is 0.514. The van der Waals surface area contributed by atoms with Crippen molar-refractivity contribution in [1.29, 1.82) is 0 Å². The third-order valence-electron chi connectivity index (χ3n) is 2.22. The van der Waals surface area contributed by atoms with Crippen molar-refractivity contribution in [2.24, 2.45) is 11.8 Å². The molecule has 0 N–H and O–H groups in total. The van der Waals surface area contributed by atoms with Gasteiger partial charge >= 0.3 is 0 Å². The highest BCUT2D eigenvalue weighted by Crippen LogP contribution is 2.24. The number of carbonyl (C=O) groups is 2. The van der Waals surface area contributed by atoms with Gasteiger partial charge in [-0.2, -0.15) is 0 Å². The maximum atomic E-state index is 10.8. The summed E-state index contributed by atoms with van der Waals surface area (Å²) in [6, 6.07) is 0. The van der Waals surface area contributed by atoms with Gasteiger partial charge in [-0.15, -0.1) is 0 Å². The minimum absolute atomic E-state index is 0.282. The standard InChI is InChI=1S/C8H12O.C3H6O2/c1-6-4-3-5-8(6)7(2)9;1-2-5-3-4/h3-4,6,8H,5H2,1-2H3;3H,2H2,1H3. The molecule has 0 saturated heterocycles. The molecule has 0 aliphatic heterocycles. The predicted molar refractivity (Wildman–Crippen MR) is 54.8 cm³/mol.